The minimum Gasteiger partial charge on any atom is -0.489 e. The highest BCUT2D eigenvalue weighted by atomic mass is 19.1. The normalized spacial score (nSPS) is 23.6. The second-order valence-electron chi connectivity index (χ2n) is 15.3. The molecule has 0 radical (unpaired) electrons. The number of carbonyl (C=O) groups excluding carboxylic acids is 1. The summed E-state index contributed by atoms with van der Waals surface area (Å²) in [7, 11) is 1.49. The first-order valence-corrected chi connectivity index (χ1v) is 20.5. The minimum atomic E-state index is -1.53. The largest absolute Gasteiger partial charge is 0.489 e. The van der Waals surface area contributed by atoms with E-state index in [1.54, 1.807) is 53.5 Å². The van der Waals surface area contributed by atoms with Gasteiger partial charge in [-0.3, -0.25) is 4.90 Å². The zero-order chi connectivity index (χ0) is 41.8. The van der Waals surface area contributed by atoms with Crippen LogP contribution in [0.5, 0.6) is 11.5 Å². The lowest BCUT2D eigenvalue weighted by molar-refractivity contribution is -0.256. The van der Waals surface area contributed by atoms with Crippen LogP contribution in [0, 0.1) is 29.4 Å². The number of amides is 1. The van der Waals surface area contributed by atoms with Crippen molar-refractivity contribution >= 4 is 11.8 Å². The van der Waals surface area contributed by atoms with Crippen molar-refractivity contribution in [2.75, 3.05) is 33.5 Å². The Balaban J connectivity index is 1.56. The first-order valence-electron chi connectivity index (χ1n) is 20.5. The zero-order valence-corrected chi connectivity index (χ0v) is 33.8. The van der Waals surface area contributed by atoms with Crippen molar-refractivity contribution in [2.45, 2.75) is 82.3 Å². The Kier molecular flexibility index (Phi) is 15.3. The molecule has 0 spiro atoms. The molecule has 0 aromatic heterocycles. The van der Waals surface area contributed by atoms with Crippen LogP contribution in [0.1, 0.15) is 74.0 Å². The smallest absolute Gasteiger partial charge is 0.410 e. The van der Waals surface area contributed by atoms with Crippen molar-refractivity contribution in [3.05, 3.63) is 132 Å². The third-order valence-electron chi connectivity index (χ3n) is 11.6. The first-order chi connectivity index (χ1) is 28.8. The van der Waals surface area contributed by atoms with E-state index in [0.717, 1.165) is 36.8 Å². The van der Waals surface area contributed by atoms with Crippen LogP contribution in [-0.2, 0) is 27.5 Å². The quantitative estimate of drug-likeness (QED) is 0.0622. The van der Waals surface area contributed by atoms with Gasteiger partial charge in [0.15, 0.2) is 0 Å². The Morgan fingerprint density at radius 1 is 1.00 bits per heavy atom. The van der Waals surface area contributed by atoms with E-state index in [2.05, 4.69) is 24.4 Å². The van der Waals surface area contributed by atoms with Crippen LogP contribution in [0.4, 0.5) is 13.6 Å². The Morgan fingerprint density at radius 3 is 2.47 bits per heavy atom. The summed E-state index contributed by atoms with van der Waals surface area (Å²) in [4.78, 5) is 21.5. The summed E-state index contributed by atoms with van der Waals surface area (Å²) < 4.78 is 55.2. The third kappa shape index (κ3) is 9.88. The number of aliphatic hydroxyl groups excluding tert-OH is 2. The van der Waals surface area contributed by atoms with Gasteiger partial charge in [0, 0.05) is 43.2 Å². The third-order valence-corrected chi connectivity index (χ3v) is 11.6. The van der Waals surface area contributed by atoms with Crippen molar-refractivity contribution in [3.63, 3.8) is 0 Å². The number of ether oxygens (including phenoxy) is 4. The lowest BCUT2D eigenvalue weighted by atomic mass is 9.55. The maximum Gasteiger partial charge on any atom is 0.410 e. The number of oxime groups is 1. The highest BCUT2D eigenvalue weighted by Gasteiger charge is 2.65. The average Bonchev–Trinajstić information content (AvgIpc) is 3.24. The molecule has 6 atom stereocenters. The van der Waals surface area contributed by atoms with E-state index in [1.165, 1.54) is 25.3 Å². The SMILES string of the molecule is C=CCCOC(=O)N(Cc1ccc(F)cc1)C1CC(=NOC)C2=CC(CCCCO)C(CCCCO)C3c4cc(OCc5ccccc5F)ccc4OC1(OCC=C)C23. The number of carbonyl (C=O) groups is 1. The summed E-state index contributed by atoms with van der Waals surface area (Å²) in [5, 5.41) is 24.3. The summed E-state index contributed by atoms with van der Waals surface area (Å²) in [6, 6.07) is 17.2. The molecule has 6 unspecified atom stereocenters. The number of allylic oxidation sites excluding steroid dienone is 1. The Bertz CT molecular complexity index is 1950. The molecule has 12 heteroatoms. The standard InChI is InChI=1S/C47H56F2N2O8/c1-4-6-26-56-46(54)51(30-32-17-19-35(48)20-18-32)43-29-41(50-55-3)38-27-33(13-9-11-23-52)37(15-10-12-24-53)44-39-28-36(57-31-34-14-7-8-16-40(34)49)21-22-42(39)59-47(43,45(38)44)58-25-5-2/h4-5,7-8,14,16-22,27-28,33,37,43-45,52-53H,1-2,6,9-13,15,23-26,29-31H2,3H3. The predicted octanol–water partition coefficient (Wildman–Crippen LogP) is 9.02. The fourth-order valence-electron chi connectivity index (χ4n) is 9.03. The fraction of sp³-hybridized carbons (Fsp3) is 0.447. The molecular formula is C47H56F2N2O8. The van der Waals surface area contributed by atoms with Gasteiger partial charge < -0.3 is 34.0 Å². The number of benzene rings is 3. The van der Waals surface area contributed by atoms with Crippen LogP contribution in [0.2, 0.25) is 0 Å². The van der Waals surface area contributed by atoms with Crippen LogP contribution >= 0.6 is 0 Å². The van der Waals surface area contributed by atoms with Gasteiger partial charge in [-0.05, 0) is 91.5 Å². The Hall–Kier alpha value is -5.04. The van der Waals surface area contributed by atoms with Crippen LogP contribution in [0.25, 0.3) is 0 Å². The summed E-state index contributed by atoms with van der Waals surface area (Å²) in [6.45, 7) is 8.10. The minimum absolute atomic E-state index is 0.0146. The second kappa shape index (κ2) is 20.8. The number of nitrogens with zero attached hydrogens (tertiary/aromatic N) is 2. The van der Waals surface area contributed by atoms with Gasteiger partial charge in [0.2, 0.25) is 5.79 Å². The number of halogens is 2. The van der Waals surface area contributed by atoms with Gasteiger partial charge in [-0.2, -0.15) is 0 Å². The fourth-order valence-corrected chi connectivity index (χ4v) is 9.03. The second-order valence-corrected chi connectivity index (χ2v) is 15.3. The average molecular weight is 815 g/mol. The van der Waals surface area contributed by atoms with Gasteiger partial charge in [-0.25, -0.2) is 13.6 Å². The van der Waals surface area contributed by atoms with E-state index in [0.29, 0.717) is 47.6 Å². The van der Waals surface area contributed by atoms with Crippen LogP contribution in [0.3, 0.4) is 0 Å². The van der Waals surface area contributed by atoms with E-state index >= 15 is 0 Å². The van der Waals surface area contributed by atoms with Crippen molar-refractivity contribution in [1.29, 1.82) is 0 Å². The highest BCUT2D eigenvalue weighted by molar-refractivity contribution is 6.03. The number of rotatable bonds is 21. The molecule has 3 aromatic carbocycles. The predicted molar refractivity (Wildman–Crippen MR) is 221 cm³/mol. The van der Waals surface area contributed by atoms with E-state index in [4.69, 9.17) is 23.8 Å². The van der Waals surface area contributed by atoms with Gasteiger partial charge in [0.1, 0.15) is 42.9 Å². The maximum atomic E-state index is 14.7. The molecule has 1 aliphatic heterocycles. The molecule has 1 fully saturated rings. The number of hydrogen-bond acceptors (Lipinski definition) is 9. The van der Waals surface area contributed by atoms with Gasteiger partial charge in [0.25, 0.3) is 0 Å². The van der Waals surface area contributed by atoms with Crippen LogP contribution < -0.4 is 9.47 Å². The van der Waals surface area contributed by atoms with Crippen LogP contribution in [-0.4, -0.2) is 72.3 Å². The van der Waals surface area contributed by atoms with Crippen molar-refractivity contribution in [1.82, 2.24) is 4.90 Å². The van der Waals surface area contributed by atoms with Crippen molar-refractivity contribution in [2.24, 2.45) is 22.9 Å². The zero-order valence-electron chi connectivity index (χ0n) is 33.8. The van der Waals surface area contributed by atoms with Crippen molar-refractivity contribution < 1.29 is 47.6 Å². The Labute approximate surface area is 345 Å². The molecule has 10 nitrogen and oxygen atoms in total. The summed E-state index contributed by atoms with van der Waals surface area (Å²) in [5.41, 5.74) is 3.44. The molecule has 3 aliphatic rings. The molecule has 3 aromatic rings. The van der Waals surface area contributed by atoms with E-state index in [-0.39, 0.29) is 69.6 Å². The van der Waals surface area contributed by atoms with E-state index in [1.807, 2.05) is 12.1 Å². The monoisotopic (exact) mass is 814 g/mol. The molecule has 0 saturated heterocycles. The molecule has 6 rings (SSSR count). The highest BCUT2D eigenvalue weighted by Crippen LogP contribution is 2.62. The molecule has 1 saturated carbocycles. The first kappa shape index (κ1) is 43.5. The molecule has 2 aliphatic carbocycles. The molecule has 59 heavy (non-hydrogen) atoms. The van der Waals surface area contributed by atoms with E-state index < -0.39 is 29.7 Å². The van der Waals surface area contributed by atoms with Crippen LogP contribution in [0.15, 0.2) is 109 Å². The summed E-state index contributed by atoms with van der Waals surface area (Å²) in [6.07, 6.45) is 9.87. The number of aliphatic hydroxyl groups is 2. The number of unbranched alkanes of at least 4 members (excludes halogenated alkanes) is 2. The summed E-state index contributed by atoms with van der Waals surface area (Å²) in [5.74, 6) is -2.07. The lowest BCUT2D eigenvalue weighted by Gasteiger charge is -2.59. The molecule has 1 amide bonds. The molecule has 1 heterocycles. The topological polar surface area (TPSA) is 119 Å². The van der Waals surface area contributed by atoms with Crippen molar-refractivity contribution in [3.8, 4) is 11.5 Å². The maximum absolute atomic E-state index is 14.7. The molecule has 2 N–H and O–H groups in total. The Morgan fingerprint density at radius 2 is 1.76 bits per heavy atom. The molecule has 316 valence electrons. The summed E-state index contributed by atoms with van der Waals surface area (Å²) >= 11 is 0. The number of hydrogen-bond donors (Lipinski definition) is 2. The van der Waals surface area contributed by atoms with Gasteiger partial charge in [-0.1, -0.05) is 66.6 Å². The lowest BCUT2D eigenvalue weighted by Crippen LogP contribution is -2.70. The molecule has 0 bridgehead atoms. The van der Waals surface area contributed by atoms with Gasteiger partial charge in [-0.15, -0.1) is 13.2 Å². The molecular weight excluding hydrogens is 759 g/mol. The van der Waals surface area contributed by atoms with E-state index in [9.17, 15) is 23.8 Å². The number of fused-ring (bicyclic) bond motifs is 2. The van der Waals surface area contributed by atoms with Gasteiger partial charge in [0.05, 0.1) is 24.8 Å². The van der Waals surface area contributed by atoms with Gasteiger partial charge >= 0.3 is 6.09 Å².